The third-order valence-corrected chi connectivity index (χ3v) is 8.57. The second-order valence-electron chi connectivity index (χ2n) is 12.4. The second kappa shape index (κ2) is 13.1. The molecule has 0 bridgehead atoms. The van der Waals surface area contributed by atoms with Crippen LogP contribution in [0.4, 0.5) is 0 Å². The van der Waals surface area contributed by atoms with E-state index in [0.29, 0.717) is 35.7 Å². The smallest absolute Gasteiger partial charge is 0.221 e. The first kappa shape index (κ1) is 31.7. The monoisotopic (exact) mass is 705 g/mol. The van der Waals surface area contributed by atoms with Crippen LogP contribution in [0.1, 0.15) is 16.8 Å². The van der Waals surface area contributed by atoms with Gasteiger partial charge in [0.2, 0.25) is 11.3 Å². The lowest BCUT2D eigenvalue weighted by atomic mass is 10.2. The fourth-order valence-corrected chi connectivity index (χ4v) is 5.99. The molecule has 0 aliphatic heterocycles. The first-order valence-electron chi connectivity index (χ1n) is 16.6. The molecule has 0 atom stereocenters. The van der Waals surface area contributed by atoms with Gasteiger partial charge in [-0.1, -0.05) is 22.6 Å². The Hall–Kier alpha value is -7.28. The largest absolute Gasteiger partial charge is 0.314 e. The standard InChI is InChI=1S/C18H18N10.C16H13N9/c1-19-6-14-7-20-16-4-3-12(9-27(14)16)10-28-18-17(24-25-28)21-8-15(23-18)13-5-22-26(2)11-13;1-23-10-12(6-19-23)13-7-18-15-16(20-13)25(22-21-15)9-11-2-3-14-17-4-5-24(14)8-11/h3-5,7-9,11,19H,6,10H2,1-2H3;2-8,10H,9H2,1H3. The van der Waals surface area contributed by atoms with Crippen LogP contribution in [-0.4, -0.2) is 95.3 Å². The van der Waals surface area contributed by atoms with E-state index in [0.717, 1.165) is 57.2 Å². The fourth-order valence-electron chi connectivity index (χ4n) is 5.99. The first-order chi connectivity index (χ1) is 26.0. The van der Waals surface area contributed by atoms with Crippen molar-refractivity contribution in [3.05, 3.63) is 109 Å². The fraction of sp³-hybridized carbons (Fsp3) is 0.176. The van der Waals surface area contributed by atoms with Crippen molar-refractivity contribution in [1.82, 2.24) is 93.6 Å². The molecule has 0 aliphatic rings. The summed E-state index contributed by atoms with van der Waals surface area (Å²) in [6.07, 6.45) is 20.4. The first-order valence-corrected chi connectivity index (χ1v) is 16.6. The number of fused-ring (bicyclic) bond motifs is 4. The van der Waals surface area contributed by atoms with E-state index < -0.39 is 0 Å². The Bertz CT molecular complexity index is 2870. The molecule has 10 rings (SSSR count). The number of imidazole rings is 2. The lowest BCUT2D eigenvalue weighted by Crippen LogP contribution is -2.08. The summed E-state index contributed by atoms with van der Waals surface area (Å²) in [7, 11) is 5.66. The topological polar surface area (TPSA) is 195 Å². The molecule has 10 aromatic rings. The van der Waals surface area contributed by atoms with Crippen LogP contribution in [0, 0.1) is 0 Å². The highest BCUT2D eigenvalue weighted by molar-refractivity contribution is 5.70. The van der Waals surface area contributed by atoms with Crippen LogP contribution >= 0.6 is 0 Å². The molecule has 0 spiro atoms. The van der Waals surface area contributed by atoms with Crippen LogP contribution in [0.2, 0.25) is 0 Å². The van der Waals surface area contributed by atoms with Gasteiger partial charge in [0.15, 0.2) is 11.3 Å². The number of hydrogen-bond acceptors (Lipinski definition) is 13. The van der Waals surface area contributed by atoms with Gasteiger partial charge in [-0.15, -0.1) is 10.2 Å². The van der Waals surface area contributed by atoms with E-state index >= 15 is 0 Å². The Morgan fingerprint density at radius 3 is 1.81 bits per heavy atom. The Morgan fingerprint density at radius 2 is 1.23 bits per heavy atom. The van der Waals surface area contributed by atoms with E-state index in [1.807, 2.05) is 80.8 Å². The molecule has 0 radical (unpaired) electrons. The van der Waals surface area contributed by atoms with Crippen molar-refractivity contribution in [1.29, 1.82) is 0 Å². The number of nitrogens with zero attached hydrogens (tertiary/aromatic N) is 18. The lowest BCUT2D eigenvalue weighted by Gasteiger charge is -2.06. The number of nitrogens with one attached hydrogen (secondary N) is 1. The minimum absolute atomic E-state index is 0.521. The van der Waals surface area contributed by atoms with E-state index in [-0.39, 0.29) is 0 Å². The maximum absolute atomic E-state index is 4.71. The molecule has 0 amide bonds. The maximum Gasteiger partial charge on any atom is 0.221 e. The Kier molecular flexibility index (Phi) is 7.84. The third-order valence-electron chi connectivity index (χ3n) is 8.57. The summed E-state index contributed by atoms with van der Waals surface area (Å²) in [6, 6.07) is 8.03. The Balaban J connectivity index is 0.000000141. The van der Waals surface area contributed by atoms with Gasteiger partial charge < -0.3 is 14.1 Å². The van der Waals surface area contributed by atoms with Crippen LogP contribution in [-0.2, 0) is 33.7 Å². The highest BCUT2D eigenvalue weighted by Gasteiger charge is 2.14. The third kappa shape index (κ3) is 6.20. The number of rotatable bonds is 8. The van der Waals surface area contributed by atoms with Crippen molar-refractivity contribution < 1.29 is 0 Å². The quantitative estimate of drug-likeness (QED) is 0.242. The summed E-state index contributed by atoms with van der Waals surface area (Å²) in [5.41, 5.74) is 10.7. The summed E-state index contributed by atoms with van der Waals surface area (Å²) in [6.45, 7) is 1.83. The van der Waals surface area contributed by atoms with E-state index in [1.165, 1.54) is 0 Å². The zero-order valence-electron chi connectivity index (χ0n) is 28.8. The second-order valence-corrected chi connectivity index (χ2v) is 12.4. The zero-order chi connectivity index (χ0) is 35.9. The molecule has 0 saturated heterocycles. The normalized spacial score (nSPS) is 11.6. The van der Waals surface area contributed by atoms with Gasteiger partial charge in [0, 0.05) is 68.9 Å². The summed E-state index contributed by atoms with van der Waals surface area (Å²) < 4.78 is 11.0. The molecule has 0 saturated carbocycles. The van der Waals surface area contributed by atoms with Crippen molar-refractivity contribution in [2.45, 2.75) is 19.6 Å². The van der Waals surface area contributed by atoms with Crippen molar-refractivity contribution >= 4 is 33.9 Å². The SMILES string of the molecule is CNCc1cnc2ccc(Cn3nnc4ncc(-c5cnn(C)c5)nc43)cn12.Cn1cc(-c2cnc3nnn(Cc4ccc5nccn5c4)c3n2)cn1. The van der Waals surface area contributed by atoms with E-state index in [2.05, 4.69) is 71.7 Å². The van der Waals surface area contributed by atoms with Crippen molar-refractivity contribution in [3.8, 4) is 22.5 Å². The molecule has 0 aliphatic carbocycles. The van der Waals surface area contributed by atoms with E-state index in [9.17, 15) is 0 Å². The van der Waals surface area contributed by atoms with Gasteiger partial charge >= 0.3 is 0 Å². The van der Waals surface area contributed by atoms with Crippen LogP contribution < -0.4 is 5.32 Å². The molecule has 10 heterocycles. The summed E-state index contributed by atoms with van der Waals surface area (Å²) in [5.74, 6) is 0. The lowest BCUT2D eigenvalue weighted by molar-refractivity contribution is 0.661. The van der Waals surface area contributed by atoms with Crippen LogP contribution in [0.15, 0.2) is 92.4 Å². The van der Waals surface area contributed by atoms with Crippen LogP contribution in [0.25, 0.3) is 56.4 Å². The zero-order valence-corrected chi connectivity index (χ0v) is 28.8. The Morgan fingerprint density at radius 1 is 0.623 bits per heavy atom. The molecule has 19 nitrogen and oxygen atoms in total. The average Bonchev–Trinajstić information content (AvgIpc) is 4.04. The minimum atomic E-state index is 0.521. The van der Waals surface area contributed by atoms with Gasteiger partial charge in [-0.25, -0.2) is 39.3 Å². The summed E-state index contributed by atoms with van der Waals surface area (Å²) in [5, 5.41) is 28.2. The van der Waals surface area contributed by atoms with Gasteiger partial charge in [0.1, 0.15) is 11.3 Å². The van der Waals surface area contributed by atoms with Gasteiger partial charge in [0.25, 0.3) is 0 Å². The predicted octanol–water partition coefficient (Wildman–Crippen LogP) is 2.35. The van der Waals surface area contributed by atoms with Crippen LogP contribution in [0.5, 0.6) is 0 Å². The molecule has 262 valence electrons. The van der Waals surface area contributed by atoms with Crippen molar-refractivity contribution in [2.75, 3.05) is 7.05 Å². The highest BCUT2D eigenvalue weighted by atomic mass is 15.5. The maximum atomic E-state index is 4.71. The van der Waals surface area contributed by atoms with Gasteiger partial charge in [-0.3, -0.25) is 9.36 Å². The number of pyridine rings is 2. The molecule has 0 aromatic carbocycles. The number of aromatic nitrogens is 18. The molecule has 1 N–H and O–H groups in total. The molecule has 19 heteroatoms. The van der Waals surface area contributed by atoms with E-state index in [4.69, 9.17) is 4.98 Å². The number of aryl methyl sites for hydroxylation is 2. The van der Waals surface area contributed by atoms with Crippen molar-refractivity contribution in [2.24, 2.45) is 14.1 Å². The minimum Gasteiger partial charge on any atom is -0.314 e. The number of hydrogen-bond donors (Lipinski definition) is 1. The van der Waals surface area contributed by atoms with Gasteiger partial charge in [-0.05, 0) is 30.3 Å². The molecule has 0 unspecified atom stereocenters. The van der Waals surface area contributed by atoms with Gasteiger partial charge in [0.05, 0.1) is 61.2 Å². The molecular formula is C34H31N19. The highest BCUT2D eigenvalue weighted by Crippen LogP contribution is 2.20. The van der Waals surface area contributed by atoms with Gasteiger partial charge in [-0.2, -0.15) is 10.2 Å². The average molecular weight is 706 g/mol. The molecule has 0 fully saturated rings. The molecule has 53 heavy (non-hydrogen) atoms. The predicted molar refractivity (Wildman–Crippen MR) is 192 cm³/mol. The van der Waals surface area contributed by atoms with E-state index in [1.54, 1.807) is 49.7 Å². The Labute approximate surface area is 299 Å². The summed E-state index contributed by atoms with van der Waals surface area (Å²) in [4.78, 5) is 26.8. The van der Waals surface area contributed by atoms with Crippen molar-refractivity contribution in [3.63, 3.8) is 0 Å². The molecule has 10 aromatic heterocycles. The molecular weight excluding hydrogens is 675 g/mol. The van der Waals surface area contributed by atoms with Crippen LogP contribution in [0.3, 0.4) is 0 Å². The summed E-state index contributed by atoms with van der Waals surface area (Å²) >= 11 is 0.